The Morgan fingerprint density at radius 2 is 1.45 bits per heavy atom. The van der Waals surface area contributed by atoms with Gasteiger partial charge >= 0.3 is 0 Å². The van der Waals surface area contributed by atoms with Crippen LogP contribution in [0.1, 0.15) is 38.5 Å². The number of piperidine rings is 1. The molecule has 0 aromatic rings. The lowest BCUT2D eigenvalue weighted by Gasteiger charge is -2.36. The Bertz CT molecular complexity index is 130. The van der Waals surface area contributed by atoms with E-state index in [4.69, 9.17) is 0 Å². The number of thiol groups is 1. The summed E-state index contributed by atoms with van der Waals surface area (Å²) in [7, 11) is 0. The maximum Gasteiger partial charge on any atom is 0.00922 e. The van der Waals surface area contributed by atoms with Crippen molar-refractivity contribution >= 4 is 12.8 Å². The van der Waals surface area contributed by atoms with Gasteiger partial charge in [-0.2, -0.15) is 0 Å². The number of rotatable bonds is 0. The Hall–Kier alpha value is 0.310. The van der Waals surface area contributed by atoms with Crippen LogP contribution < -0.4 is 0 Å². The quantitative estimate of drug-likeness (QED) is 0.548. The summed E-state index contributed by atoms with van der Waals surface area (Å²) in [6.07, 6.45) is 8.75. The van der Waals surface area contributed by atoms with Gasteiger partial charge in [0, 0.05) is 13.1 Å². The van der Waals surface area contributed by atoms with Gasteiger partial charge in [0.2, 0.25) is 0 Å². The SMILES string of the molecule is SN1CCC2(CCCC2)CC1. The van der Waals surface area contributed by atoms with Crippen LogP contribution in [0.25, 0.3) is 0 Å². The molecule has 1 saturated carbocycles. The molecule has 2 aliphatic rings. The minimum absolute atomic E-state index is 0.763. The Morgan fingerprint density at radius 3 is 2.00 bits per heavy atom. The highest BCUT2D eigenvalue weighted by atomic mass is 32.1. The van der Waals surface area contributed by atoms with Crippen molar-refractivity contribution in [3.8, 4) is 0 Å². The van der Waals surface area contributed by atoms with E-state index in [0.29, 0.717) is 0 Å². The second-order valence-electron chi connectivity index (χ2n) is 4.16. The van der Waals surface area contributed by atoms with Gasteiger partial charge in [0.1, 0.15) is 0 Å². The average molecular weight is 171 g/mol. The fourth-order valence-electron chi connectivity index (χ4n) is 2.59. The van der Waals surface area contributed by atoms with E-state index in [1.54, 1.807) is 0 Å². The van der Waals surface area contributed by atoms with E-state index in [1.807, 2.05) is 0 Å². The van der Waals surface area contributed by atoms with Crippen LogP contribution >= 0.6 is 12.8 Å². The summed E-state index contributed by atoms with van der Waals surface area (Å²) in [5, 5.41) is 0. The van der Waals surface area contributed by atoms with Crippen molar-refractivity contribution < 1.29 is 0 Å². The van der Waals surface area contributed by atoms with Gasteiger partial charge in [-0.1, -0.05) is 25.7 Å². The van der Waals surface area contributed by atoms with Crippen molar-refractivity contribution in [3.63, 3.8) is 0 Å². The molecule has 2 fully saturated rings. The van der Waals surface area contributed by atoms with Crippen LogP contribution in [0.3, 0.4) is 0 Å². The van der Waals surface area contributed by atoms with Gasteiger partial charge < -0.3 is 0 Å². The summed E-state index contributed by atoms with van der Waals surface area (Å²) in [6.45, 7) is 2.42. The zero-order chi connectivity index (χ0) is 7.73. The Kier molecular flexibility index (Phi) is 2.15. The lowest BCUT2D eigenvalue weighted by atomic mass is 9.78. The van der Waals surface area contributed by atoms with Crippen molar-refractivity contribution in [2.45, 2.75) is 38.5 Å². The van der Waals surface area contributed by atoms with E-state index in [9.17, 15) is 0 Å². The van der Waals surface area contributed by atoms with Crippen molar-refractivity contribution in [2.24, 2.45) is 5.41 Å². The van der Waals surface area contributed by atoms with Gasteiger partial charge in [-0.3, -0.25) is 4.31 Å². The van der Waals surface area contributed by atoms with Crippen LogP contribution in [0.15, 0.2) is 0 Å². The topological polar surface area (TPSA) is 3.24 Å². The van der Waals surface area contributed by atoms with E-state index >= 15 is 0 Å². The molecule has 0 radical (unpaired) electrons. The van der Waals surface area contributed by atoms with Gasteiger partial charge in [0.25, 0.3) is 0 Å². The molecule has 0 atom stereocenters. The van der Waals surface area contributed by atoms with Crippen LogP contribution in [0.2, 0.25) is 0 Å². The first kappa shape index (κ1) is 7.93. The Balaban J connectivity index is 1.94. The Labute approximate surface area is 74.7 Å². The van der Waals surface area contributed by atoms with Crippen molar-refractivity contribution in [1.82, 2.24) is 4.31 Å². The largest absolute Gasteiger partial charge is 0.253 e. The fourth-order valence-corrected chi connectivity index (χ4v) is 2.79. The fraction of sp³-hybridized carbons (Fsp3) is 1.00. The summed E-state index contributed by atoms with van der Waals surface area (Å²) in [5.74, 6) is 0. The first-order chi connectivity index (χ1) is 5.31. The molecule has 0 aromatic heterocycles. The average Bonchev–Trinajstić information content (AvgIpc) is 2.45. The van der Waals surface area contributed by atoms with Crippen LogP contribution in [0.4, 0.5) is 0 Å². The zero-order valence-corrected chi connectivity index (χ0v) is 7.95. The standard InChI is InChI=1S/C9H17NS/c11-10-7-5-9(6-8-10)3-1-2-4-9/h11H,1-8H2. The number of hydrogen-bond donors (Lipinski definition) is 1. The molecule has 64 valence electrons. The molecule has 1 heterocycles. The van der Waals surface area contributed by atoms with E-state index < -0.39 is 0 Å². The molecule has 2 rings (SSSR count). The summed E-state index contributed by atoms with van der Waals surface area (Å²) >= 11 is 4.37. The van der Waals surface area contributed by atoms with Gasteiger partial charge in [-0.15, -0.1) is 0 Å². The van der Waals surface area contributed by atoms with Gasteiger partial charge in [0.15, 0.2) is 0 Å². The minimum Gasteiger partial charge on any atom is -0.253 e. The second-order valence-corrected chi connectivity index (χ2v) is 4.73. The van der Waals surface area contributed by atoms with Crippen LogP contribution in [0, 0.1) is 5.41 Å². The van der Waals surface area contributed by atoms with E-state index in [1.165, 1.54) is 51.6 Å². The minimum atomic E-state index is 0.763. The third-order valence-corrected chi connectivity index (χ3v) is 3.86. The molecular weight excluding hydrogens is 154 g/mol. The summed E-state index contributed by atoms with van der Waals surface area (Å²) in [4.78, 5) is 0. The predicted molar refractivity (Wildman–Crippen MR) is 50.7 cm³/mol. The predicted octanol–water partition coefficient (Wildman–Crippen LogP) is 2.49. The molecule has 0 N–H and O–H groups in total. The Morgan fingerprint density at radius 1 is 0.909 bits per heavy atom. The maximum atomic E-state index is 4.37. The maximum absolute atomic E-state index is 4.37. The van der Waals surface area contributed by atoms with E-state index in [2.05, 4.69) is 17.1 Å². The monoisotopic (exact) mass is 171 g/mol. The smallest absolute Gasteiger partial charge is 0.00922 e. The molecule has 1 saturated heterocycles. The summed E-state index contributed by atoms with van der Waals surface area (Å²) in [5.41, 5.74) is 0.763. The summed E-state index contributed by atoms with van der Waals surface area (Å²) in [6, 6.07) is 0. The summed E-state index contributed by atoms with van der Waals surface area (Å²) < 4.78 is 2.17. The normalized spacial score (nSPS) is 31.4. The molecule has 2 heteroatoms. The highest BCUT2D eigenvalue weighted by molar-refractivity contribution is 7.77. The molecule has 0 amide bonds. The number of nitrogens with zero attached hydrogens (tertiary/aromatic N) is 1. The second kappa shape index (κ2) is 2.98. The highest BCUT2D eigenvalue weighted by Crippen LogP contribution is 2.46. The zero-order valence-electron chi connectivity index (χ0n) is 7.05. The molecule has 1 aliphatic carbocycles. The molecular formula is C9H17NS. The lowest BCUT2D eigenvalue weighted by Crippen LogP contribution is -2.33. The van der Waals surface area contributed by atoms with Crippen LogP contribution in [-0.4, -0.2) is 17.4 Å². The molecule has 11 heavy (non-hydrogen) atoms. The van der Waals surface area contributed by atoms with Crippen LogP contribution in [-0.2, 0) is 0 Å². The van der Waals surface area contributed by atoms with Crippen LogP contribution in [0.5, 0.6) is 0 Å². The molecule has 1 nitrogen and oxygen atoms in total. The van der Waals surface area contributed by atoms with Crippen molar-refractivity contribution in [1.29, 1.82) is 0 Å². The van der Waals surface area contributed by atoms with Crippen molar-refractivity contribution in [2.75, 3.05) is 13.1 Å². The first-order valence-electron chi connectivity index (χ1n) is 4.75. The third kappa shape index (κ3) is 1.57. The highest BCUT2D eigenvalue weighted by Gasteiger charge is 2.36. The number of hydrogen-bond acceptors (Lipinski definition) is 2. The molecule has 0 bridgehead atoms. The third-order valence-electron chi connectivity index (χ3n) is 3.46. The van der Waals surface area contributed by atoms with E-state index in [0.717, 1.165) is 5.41 Å². The van der Waals surface area contributed by atoms with Gasteiger partial charge in [-0.25, -0.2) is 0 Å². The van der Waals surface area contributed by atoms with Gasteiger partial charge in [0.05, 0.1) is 0 Å². The van der Waals surface area contributed by atoms with E-state index in [-0.39, 0.29) is 0 Å². The molecule has 0 aromatic carbocycles. The van der Waals surface area contributed by atoms with Crippen molar-refractivity contribution in [3.05, 3.63) is 0 Å². The molecule has 1 spiro atoms. The lowest BCUT2D eigenvalue weighted by molar-refractivity contribution is 0.168. The first-order valence-corrected chi connectivity index (χ1v) is 5.15. The molecule has 0 unspecified atom stereocenters. The van der Waals surface area contributed by atoms with Gasteiger partial charge in [-0.05, 0) is 31.1 Å². The molecule has 1 aliphatic heterocycles.